The van der Waals surface area contributed by atoms with Crippen LogP contribution < -0.4 is 11.1 Å². The Labute approximate surface area is 111 Å². The van der Waals surface area contributed by atoms with Crippen LogP contribution >= 0.6 is 0 Å². The molecule has 0 radical (unpaired) electrons. The fourth-order valence-electron chi connectivity index (χ4n) is 2.42. The number of aliphatic hydroxyl groups excluding tert-OH is 1. The number of benzene rings is 1. The van der Waals surface area contributed by atoms with Crippen molar-refractivity contribution in [3.63, 3.8) is 0 Å². The van der Waals surface area contributed by atoms with Crippen molar-refractivity contribution in [2.24, 2.45) is 11.7 Å². The third-order valence-corrected chi connectivity index (χ3v) is 3.71. The van der Waals surface area contributed by atoms with E-state index in [0.717, 1.165) is 11.1 Å². The van der Waals surface area contributed by atoms with Gasteiger partial charge in [-0.25, -0.2) is 4.39 Å². The van der Waals surface area contributed by atoms with Crippen molar-refractivity contribution in [3.8, 4) is 0 Å². The molecule has 1 fully saturated rings. The van der Waals surface area contributed by atoms with Crippen LogP contribution in [0.4, 0.5) is 4.39 Å². The lowest BCUT2D eigenvalue weighted by atomic mass is 10.1. The van der Waals surface area contributed by atoms with E-state index >= 15 is 0 Å². The van der Waals surface area contributed by atoms with Crippen molar-refractivity contribution in [1.82, 2.24) is 5.32 Å². The Hall–Kier alpha value is -1.46. The molecule has 1 saturated carbocycles. The van der Waals surface area contributed by atoms with Gasteiger partial charge >= 0.3 is 0 Å². The Morgan fingerprint density at radius 3 is 2.89 bits per heavy atom. The van der Waals surface area contributed by atoms with E-state index in [2.05, 4.69) is 5.32 Å². The maximum Gasteiger partial charge on any atom is 0.223 e. The summed E-state index contributed by atoms with van der Waals surface area (Å²) in [7, 11) is 0. The summed E-state index contributed by atoms with van der Waals surface area (Å²) in [6.07, 6.45) is 0.288. The zero-order valence-corrected chi connectivity index (χ0v) is 10.9. The maximum atomic E-state index is 13.1. The number of hydrogen-bond acceptors (Lipinski definition) is 3. The Bertz CT molecular complexity index is 469. The van der Waals surface area contributed by atoms with Gasteiger partial charge in [-0.1, -0.05) is 6.07 Å². The molecule has 1 aliphatic carbocycles. The first-order valence-electron chi connectivity index (χ1n) is 6.43. The second-order valence-electron chi connectivity index (χ2n) is 5.19. The molecule has 0 heterocycles. The number of rotatable bonds is 3. The number of carbonyl (C=O) groups excluding carboxylic acids is 1. The van der Waals surface area contributed by atoms with Crippen LogP contribution in [0.25, 0.3) is 0 Å². The lowest BCUT2D eigenvalue weighted by Gasteiger charge is -2.12. The third kappa shape index (κ3) is 3.30. The number of aryl methyl sites for hydroxylation is 1. The van der Waals surface area contributed by atoms with Crippen molar-refractivity contribution in [3.05, 3.63) is 35.1 Å². The molecule has 0 saturated heterocycles. The van der Waals surface area contributed by atoms with Crippen LogP contribution in [0.1, 0.15) is 24.0 Å². The fourth-order valence-corrected chi connectivity index (χ4v) is 2.42. The number of amides is 1. The summed E-state index contributed by atoms with van der Waals surface area (Å²) in [6.45, 7) is 2.17. The first kappa shape index (κ1) is 14.0. The normalized spacial score (nSPS) is 26.4. The van der Waals surface area contributed by atoms with Gasteiger partial charge in [0.1, 0.15) is 5.82 Å². The standard InChI is InChI=1S/C14H19FN2O2/c1-8-2-3-11(15)4-10(8)7-17-14(19)9-5-12(16)13(18)6-9/h2-4,9,12-13,18H,5-7,16H2,1H3,(H,17,19)/t9-,12-,13-/m0/s1. The van der Waals surface area contributed by atoms with E-state index < -0.39 is 6.10 Å². The van der Waals surface area contributed by atoms with Crippen molar-refractivity contribution in [1.29, 1.82) is 0 Å². The molecule has 0 bridgehead atoms. The highest BCUT2D eigenvalue weighted by molar-refractivity contribution is 5.79. The molecule has 3 atom stereocenters. The van der Waals surface area contributed by atoms with Gasteiger partial charge in [0.25, 0.3) is 0 Å². The summed E-state index contributed by atoms with van der Waals surface area (Å²) in [5, 5.41) is 12.3. The molecule has 19 heavy (non-hydrogen) atoms. The average Bonchev–Trinajstić information content (AvgIpc) is 2.70. The zero-order chi connectivity index (χ0) is 14.0. The van der Waals surface area contributed by atoms with Gasteiger partial charge in [-0.05, 0) is 43.0 Å². The largest absolute Gasteiger partial charge is 0.391 e. The molecular formula is C14H19FN2O2. The van der Waals surface area contributed by atoms with Gasteiger partial charge in [0.15, 0.2) is 0 Å². The quantitative estimate of drug-likeness (QED) is 0.759. The highest BCUT2D eigenvalue weighted by Crippen LogP contribution is 2.25. The topological polar surface area (TPSA) is 75.4 Å². The summed E-state index contributed by atoms with van der Waals surface area (Å²) in [5.74, 6) is -0.692. The van der Waals surface area contributed by atoms with E-state index in [1.165, 1.54) is 12.1 Å². The van der Waals surface area contributed by atoms with Gasteiger partial charge in [-0.3, -0.25) is 4.79 Å². The molecule has 1 aliphatic rings. The first-order valence-corrected chi connectivity index (χ1v) is 6.43. The van der Waals surface area contributed by atoms with Gasteiger partial charge in [0.05, 0.1) is 6.10 Å². The summed E-state index contributed by atoms with van der Waals surface area (Å²) >= 11 is 0. The van der Waals surface area contributed by atoms with Crippen molar-refractivity contribution < 1.29 is 14.3 Å². The summed E-state index contributed by atoms with van der Waals surface area (Å²) < 4.78 is 13.1. The highest BCUT2D eigenvalue weighted by Gasteiger charge is 2.34. The molecule has 2 rings (SSSR count). The van der Waals surface area contributed by atoms with Crippen LogP contribution in [0.2, 0.25) is 0 Å². The summed E-state index contributed by atoms with van der Waals surface area (Å²) in [6, 6.07) is 4.18. The third-order valence-electron chi connectivity index (χ3n) is 3.71. The van der Waals surface area contributed by atoms with Gasteiger partial charge in [-0.15, -0.1) is 0 Å². The number of carbonyl (C=O) groups is 1. The Morgan fingerprint density at radius 2 is 2.26 bits per heavy atom. The molecule has 104 valence electrons. The SMILES string of the molecule is Cc1ccc(F)cc1CNC(=O)[C@H]1C[C@H](N)[C@@H](O)C1. The lowest BCUT2D eigenvalue weighted by Crippen LogP contribution is -2.30. The van der Waals surface area contributed by atoms with Crippen molar-refractivity contribution in [2.45, 2.75) is 38.5 Å². The van der Waals surface area contributed by atoms with E-state index in [0.29, 0.717) is 19.4 Å². The Morgan fingerprint density at radius 1 is 1.53 bits per heavy atom. The van der Waals surface area contributed by atoms with Crippen molar-refractivity contribution >= 4 is 5.91 Å². The van der Waals surface area contributed by atoms with E-state index in [1.807, 2.05) is 6.92 Å². The molecule has 5 heteroatoms. The predicted molar refractivity (Wildman–Crippen MR) is 69.7 cm³/mol. The summed E-state index contributed by atoms with van der Waals surface area (Å²) in [4.78, 5) is 11.9. The molecule has 0 aliphatic heterocycles. The van der Waals surface area contributed by atoms with Gasteiger partial charge in [0, 0.05) is 18.5 Å². The summed E-state index contributed by atoms with van der Waals surface area (Å²) in [5.41, 5.74) is 7.37. The molecule has 4 N–H and O–H groups in total. The van der Waals surface area contributed by atoms with Crippen LogP contribution in [-0.2, 0) is 11.3 Å². The number of halogens is 1. The number of aliphatic hydroxyl groups is 1. The van der Waals surface area contributed by atoms with Crippen LogP contribution in [0.5, 0.6) is 0 Å². The van der Waals surface area contributed by atoms with Crippen LogP contribution in [0, 0.1) is 18.7 Å². The number of nitrogens with two attached hydrogens (primary N) is 1. The molecule has 1 aromatic rings. The minimum Gasteiger partial charge on any atom is -0.391 e. The predicted octanol–water partition coefficient (Wildman–Crippen LogP) is 0.849. The fraction of sp³-hybridized carbons (Fsp3) is 0.500. The minimum atomic E-state index is -0.605. The van der Waals surface area contributed by atoms with E-state index in [4.69, 9.17) is 5.73 Å². The van der Waals surface area contributed by atoms with E-state index in [1.54, 1.807) is 6.07 Å². The van der Waals surface area contributed by atoms with Crippen LogP contribution in [0.15, 0.2) is 18.2 Å². The lowest BCUT2D eigenvalue weighted by molar-refractivity contribution is -0.125. The smallest absolute Gasteiger partial charge is 0.223 e. The second kappa shape index (κ2) is 5.67. The number of hydrogen-bond donors (Lipinski definition) is 3. The molecule has 0 unspecified atom stereocenters. The van der Waals surface area contributed by atoms with Crippen LogP contribution in [-0.4, -0.2) is 23.2 Å². The van der Waals surface area contributed by atoms with E-state index in [9.17, 15) is 14.3 Å². The van der Waals surface area contributed by atoms with Gasteiger partial charge in [0.2, 0.25) is 5.91 Å². The van der Waals surface area contributed by atoms with E-state index in [-0.39, 0.29) is 23.7 Å². The second-order valence-corrected chi connectivity index (χ2v) is 5.19. The monoisotopic (exact) mass is 266 g/mol. The maximum absolute atomic E-state index is 13.1. The molecule has 0 spiro atoms. The van der Waals surface area contributed by atoms with Crippen LogP contribution in [0.3, 0.4) is 0 Å². The zero-order valence-electron chi connectivity index (χ0n) is 10.9. The molecular weight excluding hydrogens is 247 g/mol. The highest BCUT2D eigenvalue weighted by atomic mass is 19.1. The minimum absolute atomic E-state index is 0.129. The Kier molecular flexibility index (Phi) is 4.17. The molecule has 1 aromatic carbocycles. The Balaban J connectivity index is 1.92. The van der Waals surface area contributed by atoms with Crippen molar-refractivity contribution in [2.75, 3.05) is 0 Å². The number of nitrogens with one attached hydrogen (secondary N) is 1. The molecule has 0 aromatic heterocycles. The average molecular weight is 266 g/mol. The first-order chi connectivity index (χ1) is 8.97. The van der Waals surface area contributed by atoms with Gasteiger partial charge < -0.3 is 16.2 Å². The molecule has 1 amide bonds. The molecule has 4 nitrogen and oxygen atoms in total. The van der Waals surface area contributed by atoms with Gasteiger partial charge in [-0.2, -0.15) is 0 Å².